The summed E-state index contributed by atoms with van der Waals surface area (Å²) in [7, 11) is 0. The van der Waals surface area contributed by atoms with Crippen LogP contribution in [0.5, 0.6) is 5.75 Å². The lowest BCUT2D eigenvalue weighted by atomic mass is 10.1. The van der Waals surface area contributed by atoms with Crippen molar-refractivity contribution in [1.29, 1.82) is 0 Å². The molecule has 1 aromatic carbocycles. The molecule has 0 aliphatic carbocycles. The summed E-state index contributed by atoms with van der Waals surface area (Å²) in [4.78, 5) is 25.9. The number of phenolic OH excluding ortho intramolecular Hbond substituents is 1. The van der Waals surface area contributed by atoms with E-state index in [0.717, 1.165) is 6.07 Å². The first kappa shape index (κ1) is 13.5. The molecule has 0 atom stereocenters. The number of nitrogens with one attached hydrogen (secondary N) is 1. The van der Waals surface area contributed by atoms with Crippen LogP contribution in [0.1, 0.15) is 16.1 Å². The van der Waals surface area contributed by atoms with Gasteiger partial charge < -0.3 is 10.4 Å². The highest BCUT2D eigenvalue weighted by molar-refractivity contribution is 5.97. The fraction of sp³-hybridized carbons (Fsp3) is 0.0769. The first-order chi connectivity index (χ1) is 9.59. The Morgan fingerprint density at radius 2 is 2.10 bits per heavy atom. The lowest BCUT2D eigenvalue weighted by molar-refractivity contribution is -0.385. The second-order valence-corrected chi connectivity index (χ2v) is 3.93. The highest BCUT2D eigenvalue weighted by Gasteiger charge is 2.20. The Labute approximate surface area is 114 Å². The minimum atomic E-state index is -0.745. The molecule has 0 aliphatic rings. The molecule has 1 heterocycles. The van der Waals surface area contributed by atoms with Gasteiger partial charge in [-0.25, -0.2) is 0 Å². The first-order valence-corrected chi connectivity index (χ1v) is 5.74. The molecule has 0 bridgehead atoms. The summed E-state index contributed by atoms with van der Waals surface area (Å²) in [5.41, 5.74) is -0.00334. The van der Waals surface area contributed by atoms with Crippen LogP contribution in [0.2, 0.25) is 0 Å². The summed E-state index contributed by atoms with van der Waals surface area (Å²) in [6.07, 6.45) is 1.59. The zero-order valence-electron chi connectivity index (χ0n) is 10.3. The number of benzene rings is 1. The standard InChI is InChI=1S/C13H11N3O4/c17-12-10(5-3-6-11(12)16(19)20)13(18)15-8-9-4-1-2-7-14-9/h1-7,17H,8H2,(H,15,18). The van der Waals surface area contributed by atoms with Gasteiger partial charge in [-0.15, -0.1) is 0 Å². The molecule has 0 spiro atoms. The normalized spacial score (nSPS) is 10.0. The highest BCUT2D eigenvalue weighted by Crippen LogP contribution is 2.29. The second-order valence-electron chi connectivity index (χ2n) is 3.93. The van der Waals surface area contributed by atoms with Crippen LogP contribution in [0.15, 0.2) is 42.6 Å². The molecule has 0 aliphatic heterocycles. The van der Waals surface area contributed by atoms with Crippen molar-refractivity contribution in [3.8, 4) is 5.75 Å². The number of phenols is 1. The van der Waals surface area contributed by atoms with Crippen LogP contribution in [0.25, 0.3) is 0 Å². The number of para-hydroxylation sites is 1. The van der Waals surface area contributed by atoms with Crippen molar-refractivity contribution in [3.63, 3.8) is 0 Å². The van der Waals surface area contributed by atoms with Crippen molar-refractivity contribution in [2.24, 2.45) is 0 Å². The maximum Gasteiger partial charge on any atom is 0.311 e. The average molecular weight is 273 g/mol. The van der Waals surface area contributed by atoms with Crippen molar-refractivity contribution in [2.45, 2.75) is 6.54 Å². The van der Waals surface area contributed by atoms with E-state index in [9.17, 15) is 20.0 Å². The molecular formula is C13H11N3O4. The van der Waals surface area contributed by atoms with Gasteiger partial charge >= 0.3 is 5.69 Å². The number of hydrogen-bond donors (Lipinski definition) is 2. The van der Waals surface area contributed by atoms with Crippen LogP contribution in [0.4, 0.5) is 5.69 Å². The first-order valence-electron chi connectivity index (χ1n) is 5.74. The van der Waals surface area contributed by atoms with Crippen LogP contribution in [-0.2, 0) is 6.54 Å². The van der Waals surface area contributed by atoms with E-state index in [1.165, 1.54) is 12.1 Å². The van der Waals surface area contributed by atoms with E-state index >= 15 is 0 Å². The SMILES string of the molecule is O=C(NCc1ccccn1)c1cccc([N+](=O)[O-])c1O. The van der Waals surface area contributed by atoms with Crippen molar-refractivity contribution >= 4 is 11.6 Å². The van der Waals surface area contributed by atoms with Gasteiger partial charge in [0.15, 0.2) is 0 Å². The van der Waals surface area contributed by atoms with Crippen LogP contribution in [0, 0.1) is 10.1 Å². The monoisotopic (exact) mass is 273 g/mol. The molecule has 2 N–H and O–H groups in total. The minimum Gasteiger partial charge on any atom is -0.502 e. The number of nitro benzene ring substituents is 1. The lowest BCUT2D eigenvalue weighted by Gasteiger charge is -2.06. The Hall–Kier alpha value is -2.96. The number of rotatable bonds is 4. The molecule has 2 rings (SSSR count). The molecule has 1 amide bonds. The zero-order chi connectivity index (χ0) is 14.5. The van der Waals surface area contributed by atoms with E-state index in [4.69, 9.17) is 0 Å². The number of nitro groups is 1. The lowest BCUT2D eigenvalue weighted by Crippen LogP contribution is -2.23. The van der Waals surface area contributed by atoms with Gasteiger partial charge in [0, 0.05) is 12.3 Å². The number of carbonyl (C=O) groups excluding carboxylic acids is 1. The van der Waals surface area contributed by atoms with E-state index < -0.39 is 22.3 Å². The zero-order valence-corrected chi connectivity index (χ0v) is 10.3. The number of nitrogens with zero attached hydrogens (tertiary/aromatic N) is 2. The Bertz CT molecular complexity index is 643. The van der Waals surface area contributed by atoms with Gasteiger partial charge in [0.05, 0.1) is 22.7 Å². The molecule has 102 valence electrons. The van der Waals surface area contributed by atoms with Crippen LogP contribution >= 0.6 is 0 Å². The number of hydrogen-bond acceptors (Lipinski definition) is 5. The maximum absolute atomic E-state index is 11.9. The van der Waals surface area contributed by atoms with Gasteiger partial charge in [0.1, 0.15) is 0 Å². The van der Waals surface area contributed by atoms with Crippen LogP contribution in [-0.4, -0.2) is 20.9 Å². The van der Waals surface area contributed by atoms with Gasteiger partial charge in [0.2, 0.25) is 5.75 Å². The van der Waals surface area contributed by atoms with E-state index in [1.807, 2.05) is 0 Å². The third-order valence-electron chi connectivity index (χ3n) is 2.61. The third-order valence-corrected chi connectivity index (χ3v) is 2.61. The van der Waals surface area contributed by atoms with Crippen molar-refractivity contribution in [3.05, 3.63) is 64.0 Å². The van der Waals surface area contributed by atoms with Gasteiger partial charge in [-0.3, -0.25) is 19.9 Å². The molecule has 7 nitrogen and oxygen atoms in total. The molecule has 2 aromatic rings. The van der Waals surface area contributed by atoms with E-state index in [-0.39, 0.29) is 12.1 Å². The Kier molecular flexibility index (Phi) is 3.90. The summed E-state index contributed by atoms with van der Waals surface area (Å²) >= 11 is 0. The summed E-state index contributed by atoms with van der Waals surface area (Å²) in [5, 5.41) is 22.9. The largest absolute Gasteiger partial charge is 0.502 e. The van der Waals surface area contributed by atoms with E-state index in [0.29, 0.717) is 5.69 Å². The maximum atomic E-state index is 11.9. The number of carbonyl (C=O) groups is 1. The highest BCUT2D eigenvalue weighted by atomic mass is 16.6. The average Bonchev–Trinajstić information content (AvgIpc) is 2.46. The molecule has 1 aromatic heterocycles. The Morgan fingerprint density at radius 3 is 2.75 bits per heavy atom. The fourth-order valence-corrected chi connectivity index (χ4v) is 1.63. The fourth-order valence-electron chi connectivity index (χ4n) is 1.63. The summed E-state index contributed by atoms with van der Waals surface area (Å²) < 4.78 is 0. The molecule has 0 saturated carbocycles. The summed E-state index contributed by atoms with van der Waals surface area (Å²) in [6, 6.07) is 9.04. The predicted octanol–water partition coefficient (Wildman–Crippen LogP) is 1.63. The Balaban J connectivity index is 2.14. The van der Waals surface area contributed by atoms with Crippen molar-refractivity contribution in [2.75, 3.05) is 0 Å². The van der Waals surface area contributed by atoms with Crippen LogP contribution < -0.4 is 5.32 Å². The molecular weight excluding hydrogens is 262 g/mol. The predicted molar refractivity (Wildman–Crippen MR) is 70.2 cm³/mol. The number of aromatic nitrogens is 1. The number of amides is 1. The number of aromatic hydroxyl groups is 1. The van der Waals surface area contributed by atoms with E-state index in [1.54, 1.807) is 24.4 Å². The topological polar surface area (TPSA) is 105 Å². The van der Waals surface area contributed by atoms with Gasteiger partial charge in [0.25, 0.3) is 5.91 Å². The summed E-state index contributed by atoms with van der Waals surface area (Å²) in [6.45, 7) is 0.168. The van der Waals surface area contributed by atoms with Crippen molar-refractivity contribution in [1.82, 2.24) is 10.3 Å². The molecule has 0 radical (unpaired) electrons. The summed E-state index contributed by atoms with van der Waals surface area (Å²) in [5.74, 6) is -1.24. The van der Waals surface area contributed by atoms with Gasteiger partial charge in [-0.1, -0.05) is 12.1 Å². The molecule has 0 saturated heterocycles. The molecule has 20 heavy (non-hydrogen) atoms. The second kappa shape index (κ2) is 5.79. The molecule has 0 fully saturated rings. The molecule has 7 heteroatoms. The van der Waals surface area contributed by atoms with Gasteiger partial charge in [-0.2, -0.15) is 0 Å². The number of pyridine rings is 1. The van der Waals surface area contributed by atoms with Crippen molar-refractivity contribution < 1.29 is 14.8 Å². The smallest absolute Gasteiger partial charge is 0.311 e. The quantitative estimate of drug-likeness (QED) is 0.650. The molecule has 0 unspecified atom stereocenters. The minimum absolute atomic E-state index is 0.143. The van der Waals surface area contributed by atoms with Gasteiger partial charge in [-0.05, 0) is 18.2 Å². The Morgan fingerprint density at radius 1 is 1.30 bits per heavy atom. The third kappa shape index (κ3) is 2.89. The van der Waals surface area contributed by atoms with E-state index in [2.05, 4.69) is 10.3 Å². The van der Waals surface area contributed by atoms with Crippen LogP contribution in [0.3, 0.4) is 0 Å².